The Labute approximate surface area is 55.8 Å². The first kappa shape index (κ1) is 7.80. The van der Waals surface area contributed by atoms with Gasteiger partial charge in [0, 0.05) is 0 Å². The second-order valence-corrected chi connectivity index (χ2v) is 3.41. The Morgan fingerprint density at radius 2 is 1.70 bits per heavy atom. The zero-order valence-corrected chi connectivity index (χ0v) is 5.54. The molecule has 1 aliphatic rings. The molecule has 0 bridgehead atoms. The predicted molar refractivity (Wildman–Crippen MR) is 26.5 cm³/mol. The standard InChI is InChI=1S/C3H4F3NO2S/c4-3(5)1-7(2-3)10(6,8)9/h1-2H2. The molecule has 0 aromatic carbocycles. The smallest absolute Gasteiger partial charge is 0.204 e. The summed E-state index contributed by atoms with van der Waals surface area (Å²) in [4.78, 5) is 0. The van der Waals surface area contributed by atoms with Gasteiger partial charge in [0.25, 0.3) is 5.92 Å². The highest BCUT2D eigenvalue weighted by Gasteiger charge is 2.49. The number of hydrogen-bond acceptors (Lipinski definition) is 2. The fourth-order valence-electron chi connectivity index (χ4n) is 0.624. The molecule has 7 heteroatoms. The van der Waals surface area contributed by atoms with Crippen molar-refractivity contribution in [2.45, 2.75) is 5.92 Å². The summed E-state index contributed by atoms with van der Waals surface area (Å²) in [5, 5.41) is 0. The van der Waals surface area contributed by atoms with Crippen molar-refractivity contribution < 1.29 is 21.1 Å². The fourth-order valence-corrected chi connectivity index (χ4v) is 1.31. The molecule has 0 unspecified atom stereocenters. The highest BCUT2D eigenvalue weighted by molar-refractivity contribution is 7.84. The highest BCUT2D eigenvalue weighted by atomic mass is 32.3. The van der Waals surface area contributed by atoms with Gasteiger partial charge in [0.2, 0.25) is 0 Å². The first-order valence-corrected chi connectivity index (χ1v) is 3.73. The molecule has 3 nitrogen and oxygen atoms in total. The molecule has 0 atom stereocenters. The molecular formula is C3H4F3NO2S. The van der Waals surface area contributed by atoms with Gasteiger partial charge >= 0.3 is 10.4 Å². The van der Waals surface area contributed by atoms with E-state index >= 15 is 0 Å². The Balaban J connectivity index is 2.57. The van der Waals surface area contributed by atoms with Gasteiger partial charge in [0.05, 0.1) is 13.1 Å². The van der Waals surface area contributed by atoms with Gasteiger partial charge in [-0.1, -0.05) is 3.89 Å². The van der Waals surface area contributed by atoms with Crippen LogP contribution < -0.4 is 0 Å². The monoisotopic (exact) mass is 175 g/mol. The zero-order chi connectivity index (χ0) is 7.99. The van der Waals surface area contributed by atoms with E-state index in [1.807, 2.05) is 0 Å². The lowest BCUT2D eigenvalue weighted by Crippen LogP contribution is -2.57. The maximum Gasteiger partial charge on any atom is 0.375 e. The minimum atomic E-state index is -4.88. The van der Waals surface area contributed by atoms with Crippen molar-refractivity contribution in [3.63, 3.8) is 0 Å². The second kappa shape index (κ2) is 1.85. The van der Waals surface area contributed by atoms with E-state index in [0.29, 0.717) is 0 Å². The molecule has 10 heavy (non-hydrogen) atoms. The summed E-state index contributed by atoms with van der Waals surface area (Å²) in [6.45, 7) is -2.07. The summed E-state index contributed by atoms with van der Waals surface area (Å²) in [5.74, 6) is -3.04. The number of hydrogen-bond donors (Lipinski definition) is 0. The van der Waals surface area contributed by atoms with Crippen molar-refractivity contribution in [2.24, 2.45) is 0 Å². The Bertz CT molecular complexity index is 228. The average molecular weight is 175 g/mol. The molecule has 1 heterocycles. The Kier molecular flexibility index (Phi) is 1.44. The van der Waals surface area contributed by atoms with Crippen molar-refractivity contribution in [3.8, 4) is 0 Å². The van der Waals surface area contributed by atoms with Crippen LogP contribution in [-0.4, -0.2) is 31.7 Å². The van der Waals surface area contributed by atoms with Crippen LogP contribution >= 0.6 is 0 Å². The third kappa shape index (κ3) is 1.40. The van der Waals surface area contributed by atoms with E-state index in [1.165, 1.54) is 0 Å². The lowest BCUT2D eigenvalue weighted by molar-refractivity contribution is -0.0961. The summed E-state index contributed by atoms with van der Waals surface area (Å²) in [7, 11) is -4.88. The molecule has 1 fully saturated rings. The van der Waals surface area contributed by atoms with Crippen LogP contribution in [0.4, 0.5) is 12.7 Å². The van der Waals surface area contributed by atoms with Crippen LogP contribution in [0.5, 0.6) is 0 Å². The Hall–Kier alpha value is -0.300. The van der Waals surface area contributed by atoms with Crippen molar-refractivity contribution in [2.75, 3.05) is 13.1 Å². The normalized spacial score (nSPS) is 25.9. The van der Waals surface area contributed by atoms with Crippen molar-refractivity contribution in [3.05, 3.63) is 0 Å². The topological polar surface area (TPSA) is 37.4 Å². The Morgan fingerprint density at radius 3 is 1.80 bits per heavy atom. The largest absolute Gasteiger partial charge is 0.375 e. The third-order valence-corrected chi connectivity index (χ3v) is 2.00. The highest BCUT2D eigenvalue weighted by Crippen LogP contribution is 2.29. The van der Waals surface area contributed by atoms with E-state index in [0.717, 1.165) is 0 Å². The van der Waals surface area contributed by atoms with Crippen molar-refractivity contribution >= 4 is 10.4 Å². The molecule has 0 radical (unpaired) electrons. The maximum absolute atomic E-state index is 11.8. The van der Waals surface area contributed by atoms with E-state index in [9.17, 15) is 21.1 Å². The quantitative estimate of drug-likeness (QED) is 0.532. The second-order valence-electron chi connectivity index (χ2n) is 2.07. The van der Waals surface area contributed by atoms with Crippen LogP contribution in [0, 0.1) is 0 Å². The van der Waals surface area contributed by atoms with Gasteiger partial charge in [-0.25, -0.2) is 8.78 Å². The number of halogens is 3. The minimum Gasteiger partial charge on any atom is -0.204 e. The first-order valence-electron chi connectivity index (χ1n) is 2.39. The van der Waals surface area contributed by atoms with Crippen LogP contribution in [0.3, 0.4) is 0 Å². The molecular weight excluding hydrogens is 171 g/mol. The summed E-state index contributed by atoms with van der Waals surface area (Å²) < 4.78 is 55.2. The maximum atomic E-state index is 11.8. The molecule has 0 aromatic heterocycles. The zero-order valence-electron chi connectivity index (χ0n) is 4.72. The van der Waals surface area contributed by atoms with Crippen molar-refractivity contribution in [1.82, 2.24) is 4.31 Å². The lowest BCUT2D eigenvalue weighted by Gasteiger charge is -2.34. The van der Waals surface area contributed by atoms with Crippen molar-refractivity contribution in [1.29, 1.82) is 0 Å². The van der Waals surface area contributed by atoms with Gasteiger partial charge in [-0.15, -0.1) is 0 Å². The fraction of sp³-hybridized carbons (Fsp3) is 1.00. The molecule has 60 valence electrons. The van der Waals surface area contributed by atoms with Crippen LogP contribution in [0.1, 0.15) is 0 Å². The van der Waals surface area contributed by atoms with Crippen LogP contribution in [0.2, 0.25) is 0 Å². The van der Waals surface area contributed by atoms with Gasteiger partial charge < -0.3 is 0 Å². The third-order valence-electron chi connectivity index (χ3n) is 1.12. The van der Waals surface area contributed by atoms with Gasteiger partial charge in [0.15, 0.2) is 0 Å². The van der Waals surface area contributed by atoms with E-state index < -0.39 is 29.4 Å². The van der Waals surface area contributed by atoms with Crippen LogP contribution in [0.25, 0.3) is 0 Å². The van der Waals surface area contributed by atoms with Gasteiger partial charge in [-0.3, -0.25) is 0 Å². The predicted octanol–water partition coefficient (Wildman–Crippen LogP) is 0.152. The van der Waals surface area contributed by atoms with E-state index in [2.05, 4.69) is 0 Å². The SMILES string of the molecule is O=S(=O)(F)N1CC(F)(F)C1. The summed E-state index contributed by atoms with van der Waals surface area (Å²) in [5.41, 5.74) is 0. The van der Waals surface area contributed by atoms with Gasteiger partial charge in [0.1, 0.15) is 0 Å². The van der Waals surface area contributed by atoms with Crippen LogP contribution in [0.15, 0.2) is 0 Å². The van der Waals surface area contributed by atoms with Crippen LogP contribution in [-0.2, 0) is 10.4 Å². The minimum absolute atomic E-state index is 0.0764. The summed E-state index contributed by atoms with van der Waals surface area (Å²) in [6.07, 6.45) is 0. The molecule has 1 saturated heterocycles. The van der Waals surface area contributed by atoms with Gasteiger partial charge in [-0.05, 0) is 0 Å². The molecule has 1 aliphatic heterocycles. The molecule has 0 N–H and O–H groups in total. The molecule has 0 aromatic rings. The van der Waals surface area contributed by atoms with E-state index in [1.54, 1.807) is 0 Å². The van der Waals surface area contributed by atoms with E-state index in [4.69, 9.17) is 0 Å². The molecule has 1 rings (SSSR count). The molecule has 0 spiro atoms. The lowest BCUT2D eigenvalue weighted by atomic mass is 10.2. The number of nitrogens with zero attached hydrogens (tertiary/aromatic N) is 1. The molecule has 0 aliphatic carbocycles. The van der Waals surface area contributed by atoms with Gasteiger partial charge in [-0.2, -0.15) is 12.7 Å². The number of rotatable bonds is 1. The molecule has 0 saturated carbocycles. The first-order chi connectivity index (χ1) is 4.31. The Morgan fingerprint density at radius 1 is 1.30 bits per heavy atom. The molecule has 0 amide bonds. The number of alkyl halides is 2. The summed E-state index contributed by atoms with van der Waals surface area (Å²) >= 11 is 0. The summed E-state index contributed by atoms with van der Waals surface area (Å²) in [6, 6.07) is 0. The average Bonchev–Trinajstić information content (AvgIpc) is 1.56. The van der Waals surface area contributed by atoms with E-state index in [-0.39, 0.29) is 4.31 Å².